The van der Waals surface area contributed by atoms with Crippen molar-refractivity contribution in [3.05, 3.63) is 0 Å². The van der Waals surface area contributed by atoms with Crippen LogP contribution < -0.4 is 5.32 Å². The van der Waals surface area contributed by atoms with Crippen molar-refractivity contribution >= 4 is 5.91 Å². The van der Waals surface area contributed by atoms with Crippen LogP contribution in [0, 0.1) is 0 Å². The highest BCUT2D eigenvalue weighted by Crippen LogP contribution is 2.13. The zero-order valence-electron chi connectivity index (χ0n) is 8.83. The zero-order valence-corrected chi connectivity index (χ0v) is 8.83. The fourth-order valence-corrected chi connectivity index (χ4v) is 2.25. The number of hydrogen-bond acceptors (Lipinski definition) is 3. The van der Waals surface area contributed by atoms with Crippen LogP contribution in [0.3, 0.4) is 0 Å². The van der Waals surface area contributed by atoms with E-state index in [2.05, 4.69) is 10.2 Å². The van der Waals surface area contributed by atoms with Crippen LogP contribution in [0.4, 0.5) is 0 Å². The molecule has 0 aliphatic carbocycles. The molecule has 0 aromatic heterocycles. The van der Waals surface area contributed by atoms with Crippen molar-refractivity contribution in [2.45, 2.75) is 25.4 Å². The number of nitrogens with one attached hydrogen (secondary N) is 1. The minimum atomic E-state index is 0.260. The zero-order chi connectivity index (χ0) is 9.97. The molecule has 0 aromatic carbocycles. The lowest BCUT2D eigenvalue weighted by Gasteiger charge is -2.26. The predicted molar refractivity (Wildman–Crippen MR) is 54.9 cm³/mol. The second kappa shape index (κ2) is 4.28. The molecule has 1 N–H and O–H groups in total. The standard InChI is InChI=1S/C10H19N3O/c1-12-6-3-7-13(8-10(12)14)9-4-2-5-11-9/h9,11H,2-8H2,1H3. The number of hydrogen-bond donors (Lipinski definition) is 1. The Hall–Kier alpha value is -0.610. The summed E-state index contributed by atoms with van der Waals surface area (Å²) < 4.78 is 0. The summed E-state index contributed by atoms with van der Waals surface area (Å²) in [5.74, 6) is 0.260. The van der Waals surface area contributed by atoms with Crippen molar-refractivity contribution in [1.29, 1.82) is 0 Å². The van der Waals surface area contributed by atoms with E-state index >= 15 is 0 Å². The molecule has 2 rings (SSSR count). The first-order valence-corrected chi connectivity index (χ1v) is 5.49. The molecular formula is C10H19N3O. The lowest BCUT2D eigenvalue weighted by atomic mass is 10.3. The minimum Gasteiger partial charge on any atom is -0.345 e. The maximum Gasteiger partial charge on any atom is 0.236 e. The Morgan fingerprint density at radius 3 is 2.93 bits per heavy atom. The average Bonchev–Trinajstić information content (AvgIpc) is 2.63. The Morgan fingerprint density at radius 2 is 2.21 bits per heavy atom. The van der Waals surface area contributed by atoms with Crippen molar-refractivity contribution < 1.29 is 4.79 Å². The summed E-state index contributed by atoms with van der Waals surface area (Å²) in [7, 11) is 1.90. The van der Waals surface area contributed by atoms with E-state index in [1.807, 2.05) is 11.9 Å². The van der Waals surface area contributed by atoms with Crippen LogP contribution in [0.5, 0.6) is 0 Å². The Bertz CT molecular complexity index is 213. The van der Waals surface area contributed by atoms with E-state index in [4.69, 9.17) is 0 Å². The quantitative estimate of drug-likeness (QED) is 0.635. The molecule has 4 nitrogen and oxygen atoms in total. The molecule has 2 heterocycles. The topological polar surface area (TPSA) is 35.6 Å². The third-order valence-corrected chi connectivity index (χ3v) is 3.18. The molecule has 14 heavy (non-hydrogen) atoms. The molecule has 0 spiro atoms. The van der Waals surface area contributed by atoms with E-state index < -0.39 is 0 Å². The molecule has 2 fully saturated rings. The molecule has 0 saturated carbocycles. The summed E-state index contributed by atoms with van der Waals surface area (Å²) >= 11 is 0. The molecule has 0 bridgehead atoms. The van der Waals surface area contributed by atoms with Crippen molar-refractivity contribution in [1.82, 2.24) is 15.1 Å². The van der Waals surface area contributed by atoms with Gasteiger partial charge in [0.1, 0.15) is 0 Å². The molecule has 80 valence electrons. The van der Waals surface area contributed by atoms with Gasteiger partial charge in [-0.15, -0.1) is 0 Å². The molecule has 0 aromatic rings. The van der Waals surface area contributed by atoms with Gasteiger partial charge in [0.2, 0.25) is 5.91 Å². The lowest BCUT2D eigenvalue weighted by Crippen LogP contribution is -2.45. The first-order chi connectivity index (χ1) is 6.77. The second-order valence-corrected chi connectivity index (χ2v) is 4.25. The molecule has 1 atom stereocenters. The molecule has 2 aliphatic heterocycles. The average molecular weight is 197 g/mol. The van der Waals surface area contributed by atoms with Crippen LogP contribution in [-0.4, -0.2) is 55.1 Å². The van der Waals surface area contributed by atoms with Crippen LogP contribution in [0.25, 0.3) is 0 Å². The van der Waals surface area contributed by atoms with Gasteiger partial charge in [-0.1, -0.05) is 0 Å². The van der Waals surface area contributed by atoms with E-state index in [1.54, 1.807) is 0 Å². The molecule has 2 aliphatic rings. The normalized spacial score (nSPS) is 30.8. The summed E-state index contributed by atoms with van der Waals surface area (Å²) in [6.07, 6.45) is 3.98. The number of amides is 1. The molecular weight excluding hydrogens is 178 g/mol. The molecule has 1 amide bonds. The monoisotopic (exact) mass is 197 g/mol. The van der Waals surface area contributed by atoms with E-state index in [0.29, 0.717) is 12.7 Å². The molecule has 4 heteroatoms. The van der Waals surface area contributed by atoms with Crippen LogP contribution in [-0.2, 0) is 4.79 Å². The third kappa shape index (κ3) is 2.07. The van der Waals surface area contributed by atoms with Crippen LogP contribution in [0.2, 0.25) is 0 Å². The maximum atomic E-state index is 11.6. The Balaban J connectivity index is 1.94. The van der Waals surface area contributed by atoms with Gasteiger partial charge in [0.25, 0.3) is 0 Å². The number of nitrogens with zero attached hydrogens (tertiary/aromatic N) is 2. The van der Waals surface area contributed by atoms with Crippen LogP contribution >= 0.6 is 0 Å². The fraction of sp³-hybridized carbons (Fsp3) is 0.900. The first-order valence-electron chi connectivity index (χ1n) is 5.49. The van der Waals surface area contributed by atoms with E-state index in [9.17, 15) is 4.79 Å². The second-order valence-electron chi connectivity index (χ2n) is 4.25. The Morgan fingerprint density at radius 1 is 1.36 bits per heavy atom. The number of carbonyl (C=O) groups excluding carboxylic acids is 1. The minimum absolute atomic E-state index is 0.260. The maximum absolute atomic E-state index is 11.6. The smallest absolute Gasteiger partial charge is 0.236 e. The van der Waals surface area contributed by atoms with E-state index in [0.717, 1.165) is 26.1 Å². The van der Waals surface area contributed by atoms with Crippen molar-refractivity contribution in [2.75, 3.05) is 33.2 Å². The first kappa shape index (κ1) is 9.93. The van der Waals surface area contributed by atoms with Gasteiger partial charge in [-0.25, -0.2) is 0 Å². The van der Waals surface area contributed by atoms with Gasteiger partial charge in [0.15, 0.2) is 0 Å². The Labute approximate surface area is 85.2 Å². The SMILES string of the molecule is CN1CCCN(C2CCCN2)CC1=O. The Kier molecular flexibility index (Phi) is 3.03. The summed E-state index contributed by atoms with van der Waals surface area (Å²) in [5, 5.41) is 3.44. The summed E-state index contributed by atoms with van der Waals surface area (Å²) in [6, 6.07) is 0. The van der Waals surface area contributed by atoms with Crippen molar-refractivity contribution in [2.24, 2.45) is 0 Å². The highest BCUT2D eigenvalue weighted by molar-refractivity contribution is 5.78. The van der Waals surface area contributed by atoms with Gasteiger partial charge >= 0.3 is 0 Å². The summed E-state index contributed by atoms with van der Waals surface area (Å²) in [4.78, 5) is 15.8. The van der Waals surface area contributed by atoms with Crippen molar-refractivity contribution in [3.63, 3.8) is 0 Å². The largest absolute Gasteiger partial charge is 0.345 e. The van der Waals surface area contributed by atoms with Gasteiger partial charge in [0, 0.05) is 20.1 Å². The number of carbonyl (C=O) groups is 1. The fourth-order valence-electron chi connectivity index (χ4n) is 2.25. The summed E-state index contributed by atoms with van der Waals surface area (Å²) in [5.41, 5.74) is 0. The van der Waals surface area contributed by atoms with Gasteiger partial charge in [-0.3, -0.25) is 9.69 Å². The number of likely N-dealkylation sites (N-methyl/N-ethyl adjacent to an activating group) is 1. The number of rotatable bonds is 1. The van der Waals surface area contributed by atoms with Crippen LogP contribution in [0.1, 0.15) is 19.3 Å². The van der Waals surface area contributed by atoms with Crippen molar-refractivity contribution in [3.8, 4) is 0 Å². The third-order valence-electron chi connectivity index (χ3n) is 3.18. The molecule has 0 radical (unpaired) electrons. The predicted octanol–water partition coefficient (Wildman–Crippen LogP) is -0.140. The van der Waals surface area contributed by atoms with Gasteiger partial charge < -0.3 is 10.2 Å². The van der Waals surface area contributed by atoms with E-state index in [-0.39, 0.29) is 5.91 Å². The highest BCUT2D eigenvalue weighted by Gasteiger charge is 2.26. The van der Waals surface area contributed by atoms with E-state index in [1.165, 1.54) is 12.8 Å². The van der Waals surface area contributed by atoms with Gasteiger partial charge in [-0.2, -0.15) is 0 Å². The van der Waals surface area contributed by atoms with Gasteiger partial charge in [0.05, 0.1) is 12.7 Å². The van der Waals surface area contributed by atoms with Gasteiger partial charge in [-0.05, 0) is 25.8 Å². The highest BCUT2D eigenvalue weighted by atomic mass is 16.2. The molecule has 1 unspecified atom stereocenters. The lowest BCUT2D eigenvalue weighted by molar-refractivity contribution is -0.130. The summed E-state index contributed by atoms with van der Waals surface area (Å²) in [6.45, 7) is 3.65. The molecule has 2 saturated heterocycles. The van der Waals surface area contributed by atoms with Crippen LogP contribution in [0.15, 0.2) is 0 Å².